The molecule has 0 aliphatic heterocycles. The number of nitrogens with one attached hydrogen (secondary N) is 1. The van der Waals surface area contributed by atoms with Crippen molar-refractivity contribution in [2.75, 3.05) is 13.6 Å². The van der Waals surface area contributed by atoms with Gasteiger partial charge in [-0.15, -0.1) is 0 Å². The van der Waals surface area contributed by atoms with Crippen LogP contribution in [0.5, 0.6) is 0 Å². The molecule has 1 aliphatic rings. The van der Waals surface area contributed by atoms with Gasteiger partial charge in [-0.05, 0) is 19.3 Å². The first kappa shape index (κ1) is 12.8. The summed E-state index contributed by atoms with van der Waals surface area (Å²) in [6, 6.07) is -0.0123. The van der Waals surface area contributed by atoms with E-state index in [1.54, 1.807) is 7.05 Å². The quantitative estimate of drug-likeness (QED) is 0.719. The van der Waals surface area contributed by atoms with E-state index < -0.39 is 5.97 Å². The number of carboxylic acids is 1. The topological polar surface area (TPSA) is 69.6 Å². The van der Waals surface area contributed by atoms with Crippen molar-refractivity contribution in [2.24, 2.45) is 5.92 Å². The second-order valence-corrected chi connectivity index (χ2v) is 4.59. The Morgan fingerprint density at radius 2 is 2.12 bits per heavy atom. The Morgan fingerprint density at radius 1 is 1.50 bits per heavy atom. The van der Waals surface area contributed by atoms with E-state index in [9.17, 15) is 9.59 Å². The molecule has 5 heteroatoms. The number of rotatable bonds is 6. The van der Waals surface area contributed by atoms with Crippen LogP contribution in [-0.4, -0.2) is 41.6 Å². The molecule has 0 heterocycles. The predicted molar refractivity (Wildman–Crippen MR) is 60.2 cm³/mol. The van der Waals surface area contributed by atoms with Gasteiger partial charge in [0, 0.05) is 19.6 Å². The minimum Gasteiger partial charge on any atom is -0.481 e. The average molecular weight is 228 g/mol. The lowest BCUT2D eigenvalue weighted by Crippen LogP contribution is -2.42. The Hall–Kier alpha value is -1.26. The van der Waals surface area contributed by atoms with Crippen molar-refractivity contribution in [3.8, 4) is 0 Å². The average Bonchev–Trinajstić information content (AvgIpc) is 2.97. The molecule has 1 fully saturated rings. The first-order valence-corrected chi connectivity index (χ1v) is 5.72. The largest absolute Gasteiger partial charge is 0.481 e. The van der Waals surface area contributed by atoms with E-state index in [1.807, 2.05) is 6.92 Å². The molecule has 92 valence electrons. The maximum Gasteiger partial charge on any atom is 0.317 e. The molecule has 1 unspecified atom stereocenters. The summed E-state index contributed by atoms with van der Waals surface area (Å²) in [5, 5.41) is 11.4. The third kappa shape index (κ3) is 5.00. The second-order valence-electron chi connectivity index (χ2n) is 4.59. The van der Waals surface area contributed by atoms with Crippen molar-refractivity contribution in [1.29, 1.82) is 0 Å². The number of aliphatic carboxylic acids is 1. The van der Waals surface area contributed by atoms with Gasteiger partial charge in [0.2, 0.25) is 0 Å². The first-order chi connectivity index (χ1) is 7.49. The van der Waals surface area contributed by atoms with Gasteiger partial charge in [0.1, 0.15) is 0 Å². The molecule has 0 aromatic rings. The third-order valence-electron chi connectivity index (χ3n) is 2.76. The summed E-state index contributed by atoms with van der Waals surface area (Å²) < 4.78 is 0. The first-order valence-electron chi connectivity index (χ1n) is 5.72. The fraction of sp³-hybridized carbons (Fsp3) is 0.818. The van der Waals surface area contributed by atoms with Crippen LogP contribution in [0.1, 0.15) is 32.6 Å². The van der Waals surface area contributed by atoms with Crippen LogP contribution in [0.15, 0.2) is 0 Å². The van der Waals surface area contributed by atoms with Gasteiger partial charge < -0.3 is 15.3 Å². The Balaban J connectivity index is 2.18. The summed E-state index contributed by atoms with van der Waals surface area (Å²) in [6.07, 6.45) is 3.56. The zero-order chi connectivity index (χ0) is 12.1. The van der Waals surface area contributed by atoms with Gasteiger partial charge in [-0.3, -0.25) is 4.79 Å². The van der Waals surface area contributed by atoms with Crippen LogP contribution in [0, 0.1) is 5.92 Å². The number of carbonyl (C=O) groups excluding carboxylic acids is 1. The summed E-state index contributed by atoms with van der Waals surface area (Å²) in [6.45, 7) is 2.23. The normalized spacial score (nSPS) is 16.6. The summed E-state index contributed by atoms with van der Waals surface area (Å²) in [5.41, 5.74) is 0. The number of hydrogen-bond donors (Lipinski definition) is 2. The minimum absolute atomic E-state index is 0.0130. The van der Waals surface area contributed by atoms with Crippen LogP contribution in [0.4, 0.5) is 4.79 Å². The third-order valence-corrected chi connectivity index (χ3v) is 2.76. The molecule has 2 amide bonds. The fourth-order valence-corrected chi connectivity index (χ4v) is 1.60. The lowest BCUT2D eigenvalue weighted by atomic mass is 10.2. The maximum atomic E-state index is 11.6. The van der Waals surface area contributed by atoms with E-state index in [0.717, 1.165) is 12.3 Å². The van der Waals surface area contributed by atoms with Crippen LogP contribution < -0.4 is 5.32 Å². The monoisotopic (exact) mass is 228 g/mol. The van der Waals surface area contributed by atoms with Crippen LogP contribution in [0.3, 0.4) is 0 Å². The molecular formula is C11H20N2O3. The zero-order valence-electron chi connectivity index (χ0n) is 9.90. The van der Waals surface area contributed by atoms with Crippen LogP contribution in [0.2, 0.25) is 0 Å². The van der Waals surface area contributed by atoms with Gasteiger partial charge in [-0.2, -0.15) is 0 Å². The fourth-order valence-electron chi connectivity index (χ4n) is 1.60. The summed E-state index contributed by atoms with van der Waals surface area (Å²) >= 11 is 0. The number of urea groups is 1. The molecule has 1 atom stereocenters. The molecule has 5 nitrogen and oxygen atoms in total. The number of hydrogen-bond acceptors (Lipinski definition) is 2. The van der Waals surface area contributed by atoms with Gasteiger partial charge in [-0.25, -0.2) is 4.79 Å². The Bertz CT molecular complexity index is 264. The Kier molecular flexibility index (Phi) is 4.58. The van der Waals surface area contributed by atoms with Gasteiger partial charge in [0.15, 0.2) is 0 Å². The molecule has 1 saturated carbocycles. The summed E-state index contributed by atoms with van der Waals surface area (Å²) in [7, 11) is 1.61. The number of carbonyl (C=O) groups is 2. The van der Waals surface area contributed by atoms with E-state index in [0.29, 0.717) is 0 Å². The molecular weight excluding hydrogens is 208 g/mol. The number of amides is 2. The molecule has 16 heavy (non-hydrogen) atoms. The van der Waals surface area contributed by atoms with Gasteiger partial charge in [0.05, 0.1) is 6.42 Å². The van der Waals surface area contributed by atoms with Gasteiger partial charge in [0.25, 0.3) is 0 Å². The molecule has 0 spiro atoms. The maximum absolute atomic E-state index is 11.6. The van der Waals surface area contributed by atoms with Crippen molar-refractivity contribution >= 4 is 12.0 Å². The Labute approximate surface area is 95.8 Å². The molecule has 0 bridgehead atoms. The van der Waals surface area contributed by atoms with Gasteiger partial charge in [-0.1, -0.05) is 12.8 Å². The standard InChI is InChI=1S/C11H20N2O3/c1-8(7-9-3-4-9)12-11(16)13(2)6-5-10(14)15/h8-9H,3-7H2,1-2H3,(H,12,16)(H,14,15). The van der Waals surface area contributed by atoms with Crippen molar-refractivity contribution in [3.63, 3.8) is 0 Å². The molecule has 0 radical (unpaired) electrons. The number of nitrogens with zero attached hydrogens (tertiary/aromatic N) is 1. The highest BCUT2D eigenvalue weighted by molar-refractivity contribution is 5.75. The highest BCUT2D eigenvalue weighted by Crippen LogP contribution is 2.33. The van der Waals surface area contributed by atoms with Crippen molar-refractivity contribution < 1.29 is 14.7 Å². The highest BCUT2D eigenvalue weighted by Gasteiger charge is 2.24. The lowest BCUT2D eigenvalue weighted by Gasteiger charge is -2.20. The summed E-state index contributed by atoms with van der Waals surface area (Å²) in [4.78, 5) is 23.3. The number of carboxylic acid groups (broad SMARTS) is 1. The van der Waals surface area contributed by atoms with E-state index in [-0.39, 0.29) is 25.0 Å². The minimum atomic E-state index is -0.884. The molecule has 1 rings (SSSR count). The lowest BCUT2D eigenvalue weighted by molar-refractivity contribution is -0.137. The van der Waals surface area contributed by atoms with Crippen molar-refractivity contribution in [2.45, 2.75) is 38.6 Å². The van der Waals surface area contributed by atoms with E-state index in [2.05, 4.69) is 5.32 Å². The van der Waals surface area contributed by atoms with E-state index in [1.165, 1.54) is 17.7 Å². The molecule has 1 aliphatic carbocycles. The molecule has 0 aromatic carbocycles. The van der Waals surface area contributed by atoms with Crippen LogP contribution >= 0.6 is 0 Å². The SMILES string of the molecule is CC(CC1CC1)NC(=O)N(C)CCC(=O)O. The van der Waals surface area contributed by atoms with Gasteiger partial charge >= 0.3 is 12.0 Å². The van der Waals surface area contributed by atoms with Crippen molar-refractivity contribution in [1.82, 2.24) is 10.2 Å². The predicted octanol–water partition coefficient (Wildman–Crippen LogP) is 1.29. The van der Waals surface area contributed by atoms with Crippen LogP contribution in [0.25, 0.3) is 0 Å². The molecule has 0 aromatic heterocycles. The summed E-state index contributed by atoms with van der Waals surface area (Å²) in [5.74, 6) is -0.106. The van der Waals surface area contributed by atoms with E-state index >= 15 is 0 Å². The van der Waals surface area contributed by atoms with E-state index in [4.69, 9.17) is 5.11 Å². The van der Waals surface area contributed by atoms with Crippen molar-refractivity contribution in [3.05, 3.63) is 0 Å². The second kappa shape index (κ2) is 5.72. The zero-order valence-corrected chi connectivity index (χ0v) is 9.90. The van der Waals surface area contributed by atoms with Crippen LogP contribution in [-0.2, 0) is 4.79 Å². The molecule has 2 N–H and O–H groups in total. The molecule has 0 saturated heterocycles. The highest BCUT2D eigenvalue weighted by atomic mass is 16.4. The smallest absolute Gasteiger partial charge is 0.317 e. The Morgan fingerprint density at radius 3 is 2.62 bits per heavy atom.